The first kappa shape index (κ1) is 13.9. The third-order valence-corrected chi connectivity index (χ3v) is 4.06. The van der Waals surface area contributed by atoms with Crippen LogP contribution in [-0.2, 0) is 0 Å². The van der Waals surface area contributed by atoms with Gasteiger partial charge in [-0.3, -0.25) is 10.4 Å². The fraction of sp³-hybridized carbons (Fsp3) is 0.294. The van der Waals surface area contributed by atoms with E-state index in [-0.39, 0.29) is 6.04 Å². The molecule has 4 nitrogen and oxygen atoms in total. The molecule has 0 amide bonds. The minimum absolute atomic E-state index is 0.253. The molecule has 2 aromatic rings. The third kappa shape index (κ3) is 3.01. The Morgan fingerprint density at radius 2 is 1.76 bits per heavy atom. The van der Waals surface area contributed by atoms with Crippen molar-refractivity contribution < 1.29 is 0 Å². The molecule has 108 valence electrons. The number of hydrogen-bond donors (Lipinski definition) is 2. The lowest BCUT2D eigenvalue weighted by atomic mass is 9.83. The second-order valence-corrected chi connectivity index (χ2v) is 5.33. The highest BCUT2D eigenvalue weighted by atomic mass is 15.4. The molecule has 3 atom stereocenters. The summed E-state index contributed by atoms with van der Waals surface area (Å²) in [6, 6.07) is 15.3. The van der Waals surface area contributed by atoms with Crippen LogP contribution in [-0.4, -0.2) is 24.3 Å². The van der Waals surface area contributed by atoms with Gasteiger partial charge in [0.25, 0.3) is 0 Å². The lowest BCUT2D eigenvalue weighted by Gasteiger charge is -2.23. The number of aliphatic imine (C=N–C) groups is 1. The Labute approximate surface area is 125 Å². The Morgan fingerprint density at radius 3 is 2.48 bits per heavy atom. The van der Waals surface area contributed by atoms with E-state index < -0.39 is 0 Å². The molecular formula is C17H20N4. The number of pyridine rings is 1. The van der Waals surface area contributed by atoms with Gasteiger partial charge < -0.3 is 4.99 Å². The van der Waals surface area contributed by atoms with Crippen LogP contribution >= 0.6 is 0 Å². The number of hydrogen-bond acceptors (Lipinski definition) is 4. The summed E-state index contributed by atoms with van der Waals surface area (Å²) in [4.78, 5) is 8.13. The SMILES string of the molecule is C=NCCC1NNC(c2ccccc2)C1c1ccncc1. The number of aromatic nitrogens is 1. The van der Waals surface area contributed by atoms with Gasteiger partial charge in [-0.15, -0.1) is 0 Å². The highest BCUT2D eigenvalue weighted by molar-refractivity contribution is 5.30. The van der Waals surface area contributed by atoms with Crippen LogP contribution in [0, 0.1) is 0 Å². The minimum atomic E-state index is 0.253. The van der Waals surface area contributed by atoms with Gasteiger partial charge in [0.05, 0.1) is 6.04 Å². The van der Waals surface area contributed by atoms with Crippen LogP contribution in [0.2, 0.25) is 0 Å². The molecule has 21 heavy (non-hydrogen) atoms. The Balaban J connectivity index is 1.91. The Kier molecular flexibility index (Phi) is 4.38. The average molecular weight is 280 g/mol. The summed E-state index contributed by atoms with van der Waals surface area (Å²) < 4.78 is 0. The zero-order valence-corrected chi connectivity index (χ0v) is 11.9. The first-order chi connectivity index (χ1) is 10.4. The molecular weight excluding hydrogens is 260 g/mol. The van der Waals surface area contributed by atoms with E-state index in [0.717, 1.165) is 13.0 Å². The summed E-state index contributed by atoms with van der Waals surface area (Å²) in [6.45, 7) is 4.35. The first-order valence-corrected chi connectivity index (χ1v) is 7.28. The van der Waals surface area contributed by atoms with Crippen molar-refractivity contribution in [2.75, 3.05) is 6.54 Å². The van der Waals surface area contributed by atoms with E-state index in [1.807, 2.05) is 18.5 Å². The molecule has 2 heterocycles. The van der Waals surface area contributed by atoms with E-state index in [2.05, 4.69) is 63.9 Å². The molecule has 1 aliphatic rings. The largest absolute Gasteiger partial charge is 0.301 e. The Hall–Kier alpha value is -2.04. The quantitative estimate of drug-likeness (QED) is 0.827. The van der Waals surface area contributed by atoms with Gasteiger partial charge in [0.2, 0.25) is 0 Å². The van der Waals surface area contributed by atoms with E-state index in [4.69, 9.17) is 0 Å². The van der Waals surface area contributed by atoms with Crippen molar-refractivity contribution in [3.63, 3.8) is 0 Å². The molecule has 1 aromatic heterocycles. The second-order valence-electron chi connectivity index (χ2n) is 5.33. The van der Waals surface area contributed by atoms with Crippen molar-refractivity contribution in [3.05, 3.63) is 66.0 Å². The normalized spacial score (nSPS) is 24.9. The summed E-state index contributed by atoms with van der Waals surface area (Å²) in [5.74, 6) is 0.358. The lowest BCUT2D eigenvalue weighted by Crippen LogP contribution is -2.32. The van der Waals surface area contributed by atoms with Gasteiger partial charge >= 0.3 is 0 Å². The van der Waals surface area contributed by atoms with Crippen molar-refractivity contribution in [1.29, 1.82) is 0 Å². The maximum atomic E-state index is 4.13. The summed E-state index contributed by atoms with van der Waals surface area (Å²) in [6.07, 6.45) is 4.68. The molecule has 0 radical (unpaired) electrons. The van der Waals surface area contributed by atoms with E-state index in [0.29, 0.717) is 12.0 Å². The molecule has 1 aromatic carbocycles. The predicted octanol–water partition coefficient (Wildman–Crippen LogP) is 2.47. The standard InChI is InChI=1S/C17H20N4/c1-18-10-9-15-16(13-7-11-19-12-8-13)17(21-20-15)14-5-3-2-4-6-14/h2-8,11-12,15-17,20-21H,1,9-10H2. The summed E-state index contributed by atoms with van der Waals surface area (Å²) >= 11 is 0. The maximum absolute atomic E-state index is 4.13. The van der Waals surface area contributed by atoms with E-state index in [1.54, 1.807) is 0 Å². The predicted molar refractivity (Wildman–Crippen MR) is 85.3 cm³/mol. The monoisotopic (exact) mass is 280 g/mol. The Bertz CT molecular complexity index is 570. The van der Waals surface area contributed by atoms with Crippen molar-refractivity contribution in [1.82, 2.24) is 15.8 Å². The van der Waals surface area contributed by atoms with Crippen molar-refractivity contribution in [2.45, 2.75) is 24.4 Å². The molecule has 1 saturated heterocycles. The summed E-state index contributed by atoms with van der Waals surface area (Å²) in [7, 11) is 0. The van der Waals surface area contributed by atoms with Crippen LogP contribution in [0.1, 0.15) is 29.5 Å². The molecule has 0 saturated carbocycles. The summed E-state index contributed by atoms with van der Waals surface area (Å²) in [5.41, 5.74) is 9.47. The maximum Gasteiger partial charge on any atom is 0.0546 e. The molecule has 0 aliphatic carbocycles. The molecule has 2 N–H and O–H groups in total. The molecule has 0 bridgehead atoms. The topological polar surface area (TPSA) is 49.3 Å². The molecule has 3 unspecified atom stereocenters. The van der Waals surface area contributed by atoms with Gasteiger partial charge in [0.1, 0.15) is 0 Å². The molecule has 4 heteroatoms. The van der Waals surface area contributed by atoms with Crippen LogP contribution in [0.15, 0.2) is 59.9 Å². The highest BCUT2D eigenvalue weighted by Crippen LogP contribution is 2.37. The highest BCUT2D eigenvalue weighted by Gasteiger charge is 2.37. The number of nitrogens with one attached hydrogen (secondary N) is 2. The summed E-state index contributed by atoms with van der Waals surface area (Å²) in [5, 5.41) is 0. The van der Waals surface area contributed by atoms with Gasteiger partial charge in [0.15, 0.2) is 0 Å². The van der Waals surface area contributed by atoms with Gasteiger partial charge in [0, 0.05) is 30.9 Å². The van der Waals surface area contributed by atoms with E-state index in [1.165, 1.54) is 11.1 Å². The number of nitrogens with zero attached hydrogens (tertiary/aromatic N) is 2. The lowest BCUT2D eigenvalue weighted by molar-refractivity contribution is 0.498. The first-order valence-electron chi connectivity index (χ1n) is 7.28. The smallest absolute Gasteiger partial charge is 0.0546 e. The molecule has 3 rings (SSSR count). The van der Waals surface area contributed by atoms with E-state index in [9.17, 15) is 0 Å². The number of benzene rings is 1. The minimum Gasteiger partial charge on any atom is -0.301 e. The van der Waals surface area contributed by atoms with E-state index >= 15 is 0 Å². The van der Waals surface area contributed by atoms with Crippen LogP contribution in [0.5, 0.6) is 0 Å². The van der Waals surface area contributed by atoms with Gasteiger partial charge in [-0.25, -0.2) is 5.43 Å². The zero-order chi connectivity index (χ0) is 14.5. The van der Waals surface area contributed by atoms with Crippen molar-refractivity contribution >= 4 is 6.72 Å². The average Bonchev–Trinajstić information content (AvgIpc) is 2.98. The number of hydrazine groups is 1. The van der Waals surface area contributed by atoms with Gasteiger partial charge in [-0.2, -0.15) is 0 Å². The van der Waals surface area contributed by atoms with Crippen LogP contribution < -0.4 is 10.9 Å². The molecule has 1 fully saturated rings. The fourth-order valence-corrected chi connectivity index (χ4v) is 3.05. The van der Waals surface area contributed by atoms with Crippen molar-refractivity contribution in [2.24, 2.45) is 4.99 Å². The van der Waals surface area contributed by atoms with Gasteiger partial charge in [-0.05, 0) is 36.4 Å². The van der Waals surface area contributed by atoms with Crippen molar-refractivity contribution in [3.8, 4) is 0 Å². The van der Waals surface area contributed by atoms with Crippen LogP contribution in [0.4, 0.5) is 0 Å². The molecule has 0 spiro atoms. The zero-order valence-electron chi connectivity index (χ0n) is 11.9. The second kappa shape index (κ2) is 6.61. The Morgan fingerprint density at radius 1 is 1.00 bits per heavy atom. The molecule has 1 aliphatic heterocycles. The van der Waals surface area contributed by atoms with Crippen LogP contribution in [0.25, 0.3) is 0 Å². The van der Waals surface area contributed by atoms with Crippen LogP contribution in [0.3, 0.4) is 0 Å². The number of rotatable bonds is 5. The third-order valence-electron chi connectivity index (χ3n) is 4.06. The fourth-order valence-electron chi connectivity index (χ4n) is 3.05. The van der Waals surface area contributed by atoms with Gasteiger partial charge in [-0.1, -0.05) is 30.3 Å².